The number of nitrogens with zero attached hydrogens (tertiary/aromatic N) is 3. The van der Waals surface area contributed by atoms with Crippen LogP contribution in [0.5, 0.6) is 5.75 Å². The van der Waals surface area contributed by atoms with Crippen LogP contribution in [0.2, 0.25) is 0 Å². The lowest BCUT2D eigenvalue weighted by Gasteiger charge is -2.26. The average molecular weight is 375 g/mol. The van der Waals surface area contributed by atoms with Crippen molar-refractivity contribution in [3.8, 4) is 17.1 Å². The lowest BCUT2D eigenvalue weighted by atomic mass is 9.95. The van der Waals surface area contributed by atoms with Crippen molar-refractivity contribution >= 4 is 17.7 Å². The third-order valence-corrected chi connectivity index (χ3v) is 5.80. The SMILES string of the molecule is COC(=O)C(C)Sc1nnc(-c2ccc(OC)cc2)n1C1CCCCC1. The molecule has 0 saturated heterocycles. The van der Waals surface area contributed by atoms with Crippen molar-refractivity contribution in [2.75, 3.05) is 14.2 Å². The molecule has 1 aromatic carbocycles. The van der Waals surface area contributed by atoms with E-state index < -0.39 is 0 Å². The van der Waals surface area contributed by atoms with Gasteiger partial charge in [0.25, 0.3) is 0 Å². The maximum Gasteiger partial charge on any atom is 0.318 e. The van der Waals surface area contributed by atoms with E-state index in [0.717, 1.165) is 35.1 Å². The summed E-state index contributed by atoms with van der Waals surface area (Å²) < 4.78 is 12.3. The first kappa shape index (κ1) is 18.8. The number of esters is 1. The first-order valence-electron chi connectivity index (χ1n) is 8.98. The van der Waals surface area contributed by atoms with Crippen LogP contribution in [0.3, 0.4) is 0 Å². The fourth-order valence-corrected chi connectivity index (χ4v) is 4.28. The molecule has 1 fully saturated rings. The minimum Gasteiger partial charge on any atom is -0.497 e. The van der Waals surface area contributed by atoms with Crippen molar-refractivity contribution < 1.29 is 14.3 Å². The molecule has 1 aromatic heterocycles. The molecule has 1 heterocycles. The molecular formula is C19H25N3O3S. The molecule has 140 valence electrons. The average Bonchev–Trinajstić information content (AvgIpc) is 3.11. The highest BCUT2D eigenvalue weighted by Gasteiger charge is 2.26. The molecule has 2 aromatic rings. The standard InChI is InChI=1S/C19H25N3O3S/c1-13(18(23)25-3)26-19-21-20-17(14-9-11-16(24-2)12-10-14)22(19)15-7-5-4-6-8-15/h9-13,15H,4-8H2,1-3H3. The predicted octanol–water partition coefficient (Wildman–Crippen LogP) is 4.11. The largest absolute Gasteiger partial charge is 0.497 e. The van der Waals surface area contributed by atoms with E-state index in [1.54, 1.807) is 7.11 Å². The summed E-state index contributed by atoms with van der Waals surface area (Å²) in [5.74, 6) is 1.41. The number of thioether (sulfide) groups is 1. The summed E-state index contributed by atoms with van der Waals surface area (Å²) >= 11 is 1.41. The van der Waals surface area contributed by atoms with Gasteiger partial charge < -0.3 is 9.47 Å². The summed E-state index contributed by atoms with van der Waals surface area (Å²) in [5, 5.41) is 9.31. The van der Waals surface area contributed by atoms with Crippen LogP contribution in [-0.4, -0.2) is 40.2 Å². The van der Waals surface area contributed by atoms with E-state index in [1.165, 1.54) is 38.1 Å². The zero-order valence-corrected chi connectivity index (χ0v) is 16.3. The molecule has 7 heteroatoms. The number of methoxy groups -OCH3 is 2. The summed E-state index contributed by atoms with van der Waals surface area (Å²) in [6.45, 7) is 1.84. The number of carbonyl (C=O) groups is 1. The molecule has 0 spiro atoms. The predicted molar refractivity (Wildman–Crippen MR) is 101 cm³/mol. The number of carbonyl (C=O) groups excluding carboxylic acids is 1. The molecule has 1 aliphatic rings. The number of aromatic nitrogens is 3. The van der Waals surface area contributed by atoms with Crippen LogP contribution in [0.1, 0.15) is 45.1 Å². The molecule has 1 atom stereocenters. The molecule has 0 radical (unpaired) electrons. The van der Waals surface area contributed by atoms with E-state index >= 15 is 0 Å². The van der Waals surface area contributed by atoms with Gasteiger partial charge in [0.15, 0.2) is 11.0 Å². The lowest BCUT2D eigenvalue weighted by Crippen LogP contribution is -2.18. The van der Waals surface area contributed by atoms with Crippen molar-refractivity contribution in [2.45, 2.75) is 55.5 Å². The van der Waals surface area contributed by atoms with Gasteiger partial charge in [-0.25, -0.2) is 0 Å². The van der Waals surface area contributed by atoms with Gasteiger partial charge in [0.05, 0.1) is 14.2 Å². The van der Waals surface area contributed by atoms with Crippen LogP contribution >= 0.6 is 11.8 Å². The van der Waals surface area contributed by atoms with E-state index in [9.17, 15) is 4.79 Å². The maximum absolute atomic E-state index is 11.8. The molecule has 3 rings (SSSR count). The van der Waals surface area contributed by atoms with Gasteiger partial charge in [0.2, 0.25) is 0 Å². The number of benzene rings is 1. The first-order chi connectivity index (χ1) is 12.6. The van der Waals surface area contributed by atoms with E-state index in [4.69, 9.17) is 9.47 Å². The van der Waals surface area contributed by atoms with Crippen LogP contribution in [-0.2, 0) is 9.53 Å². The quantitative estimate of drug-likeness (QED) is 0.559. The Balaban J connectivity index is 1.96. The van der Waals surface area contributed by atoms with Gasteiger partial charge in [0, 0.05) is 11.6 Å². The Kier molecular flexibility index (Phi) is 6.19. The third kappa shape index (κ3) is 4.03. The van der Waals surface area contributed by atoms with E-state index in [1.807, 2.05) is 31.2 Å². The van der Waals surface area contributed by atoms with E-state index in [2.05, 4.69) is 14.8 Å². The molecule has 1 saturated carbocycles. The van der Waals surface area contributed by atoms with Crippen molar-refractivity contribution in [2.24, 2.45) is 0 Å². The fourth-order valence-electron chi connectivity index (χ4n) is 3.33. The minimum absolute atomic E-state index is 0.251. The van der Waals surface area contributed by atoms with Gasteiger partial charge in [-0.05, 0) is 44.0 Å². The highest BCUT2D eigenvalue weighted by molar-refractivity contribution is 8.00. The number of hydrogen-bond donors (Lipinski definition) is 0. The van der Waals surface area contributed by atoms with Crippen LogP contribution in [0.4, 0.5) is 0 Å². The van der Waals surface area contributed by atoms with Crippen molar-refractivity contribution in [1.29, 1.82) is 0 Å². The summed E-state index contributed by atoms with van der Waals surface area (Å²) in [5.41, 5.74) is 1.00. The minimum atomic E-state index is -0.324. The third-order valence-electron chi connectivity index (χ3n) is 4.77. The summed E-state index contributed by atoms with van der Waals surface area (Å²) in [6.07, 6.45) is 5.92. The number of rotatable bonds is 6. The zero-order chi connectivity index (χ0) is 18.5. The zero-order valence-electron chi connectivity index (χ0n) is 15.5. The van der Waals surface area contributed by atoms with E-state index in [0.29, 0.717) is 6.04 Å². The molecule has 0 N–H and O–H groups in total. The van der Waals surface area contributed by atoms with Crippen molar-refractivity contribution in [3.05, 3.63) is 24.3 Å². The molecule has 0 bridgehead atoms. The second-order valence-corrected chi connectivity index (χ2v) is 7.79. The molecule has 6 nitrogen and oxygen atoms in total. The Morgan fingerprint density at radius 1 is 1.15 bits per heavy atom. The van der Waals surface area contributed by atoms with E-state index in [-0.39, 0.29) is 11.2 Å². The Morgan fingerprint density at radius 2 is 1.85 bits per heavy atom. The summed E-state index contributed by atoms with van der Waals surface area (Å²) in [4.78, 5) is 11.8. The molecule has 1 aliphatic carbocycles. The lowest BCUT2D eigenvalue weighted by molar-refractivity contribution is -0.139. The molecular weight excluding hydrogens is 350 g/mol. The second-order valence-electron chi connectivity index (χ2n) is 6.48. The van der Waals surface area contributed by atoms with Crippen LogP contribution in [0, 0.1) is 0 Å². The summed E-state index contributed by atoms with van der Waals surface area (Å²) in [7, 11) is 3.07. The van der Waals surface area contributed by atoms with Crippen LogP contribution < -0.4 is 4.74 Å². The Bertz CT molecular complexity index is 739. The van der Waals surface area contributed by atoms with Gasteiger partial charge in [0.1, 0.15) is 11.0 Å². The van der Waals surface area contributed by atoms with Crippen LogP contribution in [0.15, 0.2) is 29.4 Å². The van der Waals surface area contributed by atoms with Gasteiger partial charge in [-0.1, -0.05) is 31.0 Å². The van der Waals surface area contributed by atoms with Gasteiger partial charge in [-0.15, -0.1) is 10.2 Å². The number of ether oxygens (including phenoxy) is 2. The van der Waals surface area contributed by atoms with Gasteiger partial charge >= 0.3 is 5.97 Å². The molecule has 0 amide bonds. The monoisotopic (exact) mass is 375 g/mol. The summed E-state index contributed by atoms with van der Waals surface area (Å²) in [6, 6.07) is 8.22. The fraction of sp³-hybridized carbons (Fsp3) is 0.526. The number of hydrogen-bond acceptors (Lipinski definition) is 6. The first-order valence-corrected chi connectivity index (χ1v) is 9.85. The molecule has 26 heavy (non-hydrogen) atoms. The van der Waals surface area contributed by atoms with Gasteiger partial charge in [-0.3, -0.25) is 9.36 Å². The maximum atomic E-state index is 11.8. The highest BCUT2D eigenvalue weighted by atomic mass is 32.2. The van der Waals surface area contributed by atoms with Gasteiger partial charge in [-0.2, -0.15) is 0 Å². The topological polar surface area (TPSA) is 66.2 Å². The molecule has 1 unspecified atom stereocenters. The Hall–Kier alpha value is -2.02. The Labute approximate surface area is 158 Å². The Morgan fingerprint density at radius 3 is 2.46 bits per heavy atom. The normalized spacial score (nSPS) is 16.3. The molecule has 0 aliphatic heterocycles. The van der Waals surface area contributed by atoms with Crippen molar-refractivity contribution in [1.82, 2.24) is 14.8 Å². The highest BCUT2D eigenvalue weighted by Crippen LogP contribution is 2.37. The van der Waals surface area contributed by atoms with Crippen LogP contribution in [0.25, 0.3) is 11.4 Å². The second kappa shape index (κ2) is 8.58. The van der Waals surface area contributed by atoms with Crippen molar-refractivity contribution in [3.63, 3.8) is 0 Å². The smallest absolute Gasteiger partial charge is 0.318 e.